The second-order valence-corrected chi connectivity index (χ2v) is 7.39. The molecule has 0 bridgehead atoms. The summed E-state index contributed by atoms with van der Waals surface area (Å²) in [7, 11) is 0. The molecular formula is C18H21IN6O2. The summed E-state index contributed by atoms with van der Waals surface area (Å²) in [5.74, 6) is 2.37. The molecule has 0 fully saturated rings. The van der Waals surface area contributed by atoms with E-state index in [1.54, 1.807) is 6.21 Å². The van der Waals surface area contributed by atoms with Crippen LogP contribution >= 0.6 is 22.6 Å². The molecule has 0 atom stereocenters. The van der Waals surface area contributed by atoms with Gasteiger partial charge in [-0.15, -0.1) is 0 Å². The minimum Gasteiger partial charge on any atom is -0.472 e. The van der Waals surface area contributed by atoms with Gasteiger partial charge in [-0.2, -0.15) is 4.98 Å². The van der Waals surface area contributed by atoms with E-state index in [1.807, 2.05) is 29.3 Å². The fourth-order valence-electron chi connectivity index (χ4n) is 2.45. The Hall–Kier alpha value is -2.56. The van der Waals surface area contributed by atoms with Crippen LogP contribution in [0, 0.1) is 3.57 Å². The third-order valence-corrected chi connectivity index (χ3v) is 4.69. The Bertz CT molecular complexity index is 884. The van der Waals surface area contributed by atoms with E-state index in [-0.39, 0.29) is 17.7 Å². The van der Waals surface area contributed by atoms with E-state index in [9.17, 15) is 0 Å². The van der Waals surface area contributed by atoms with E-state index in [0.717, 1.165) is 14.9 Å². The molecule has 0 amide bonds. The molecule has 1 aliphatic heterocycles. The first-order chi connectivity index (χ1) is 12.9. The summed E-state index contributed by atoms with van der Waals surface area (Å²) >= 11 is 2.22. The van der Waals surface area contributed by atoms with Gasteiger partial charge in [0.25, 0.3) is 0 Å². The lowest BCUT2D eigenvalue weighted by atomic mass is 10.0. The molecule has 142 valence electrons. The standard InChI is InChI=1S/C18H21IN6O2/c1-11(2)12-6-15(26-10-25-5-3-4-22-9-25)13(19)7-14(12)27-16-8-23-18(21)24-17(16)20/h3-8,11H,9-10H2,1-2H3,(H4,20,21,23,24). The van der Waals surface area contributed by atoms with E-state index in [1.165, 1.54) is 6.20 Å². The first-order valence-corrected chi connectivity index (χ1v) is 9.44. The third kappa shape index (κ3) is 4.79. The van der Waals surface area contributed by atoms with Crippen LogP contribution in [0.15, 0.2) is 35.6 Å². The van der Waals surface area contributed by atoms with Crippen molar-refractivity contribution in [2.75, 3.05) is 24.9 Å². The summed E-state index contributed by atoms with van der Waals surface area (Å²) in [6, 6.07) is 3.91. The number of anilines is 2. The Morgan fingerprint density at radius 1 is 1.22 bits per heavy atom. The number of ether oxygens (including phenoxy) is 2. The van der Waals surface area contributed by atoms with Gasteiger partial charge in [0.1, 0.15) is 18.2 Å². The molecule has 0 aliphatic carbocycles. The first-order valence-electron chi connectivity index (χ1n) is 8.36. The maximum Gasteiger partial charge on any atom is 0.222 e. The highest BCUT2D eigenvalue weighted by Gasteiger charge is 2.16. The second-order valence-electron chi connectivity index (χ2n) is 6.23. The Balaban J connectivity index is 1.83. The van der Waals surface area contributed by atoms with Gasteiger partial charge in [0, 0.05) is 18.0 Å². The van der Waals surface area contributed by atoms with Crippen LogP contribution in [0.2, 0.25) is 0 Å². The van der Waals surface area contributed by atoms with Gasteiger partial charge in [0.15, 0.2) is 18.3 Å². The number of rotatable bonds is 6. The molecule has 0 unspecified atom stereocenters. The fourth-order valence-corrected chi connectivity index (χ4v) is 3.05. The zero-order valence-corrected chi connectivity index (χ0v) is 17.3. The number of benzene rings is 1. The van der Waals surface area contributed by atoms with Crippen molar-refractivity contribution in [1.29, 1.82) is 0 Å². The van der Waals surface area contributed by atoms with Crippen molar-refractivity contribution < 1.29 is 9.47 Å². The molecule has 2 aromatic rings. The topological polar surface area (TPSA) is 112 Å². The van der Waals surface area contributed by atoms with E-state index < -0.39 is 0 Å². The normalized spacial score (nSPS) is 13.3. The Kier molecular flexibility index (Phi) is 5.99. The van der Waals surface area contributed by atoms with Crippen LogP contribution in [0.3, 0.4) is 0 Å². The lowest BCUT2D eigenvalue weighted by molar-refractivity contribution is 0.173. The van der Waals surface area contributed by atoms with Gasteiger partial charge in [-0.1, -0.05) is 13.8 Å². The predicted molar refractivity (Wildman–Crippen MR) is 114 cm³/mol. The zero-order valence-electron chi connectivity index (χ0n) is 15.1. The zero-order chi connectivity index (χ0) is 19.4. The molecule has 8 nitrogen and oxygen atoms in total. The van der Waals surface area contributed by atoms with Gasteiger partial charge in [0.2, 0.25) is 5.95 Å². The maximum atomic E-state index is 5.98. The highest BCUT2D eigenvalue weighted by molar-refractivity contribution is 14.1. The summed E-state index contributed by atoms with van der Waals surface area (Å²) in [6.07, 6.45) is 7.08. The van der Waals surface area contributed by atoms with Crippen LogP contribution in [0.25, 0.3) is 0 Å². The lowest BCUT2D eigenvalue weighted by Gasteiger charge is -2.22. The molecule has 0 radical (unpaired) electrons. The molecular weight excluding hydrogens is 459 g/mol. The molecule has 4 N–H and O–H groups in total. The van der Waals surface area contributed by atoms with Crippen LogP contribution < -0.4 is 20.9 Å². The Labute approximate surface area is 171 Å². The van der Waals surface area contributed by atoms with Crippen molar-refractivity contribution in [2.24, 2.45) is 4.99 Å². The van der Waals surface area contributed by atoms with Gasteiger partial charge in [-0.3, -0.25) is 4.99 Å². The molecule has 1 aromatic heterocycles. The minimum atomic E-state index is 0.110. The van der Waals surface area contributed by atoms with E-state index in [2.05, 4.69) is 51.4 Å². The highest BCUT2D eigenvalue weighted by Crippen LogP contribution is 2.37. The lowest BCUT2D eigenvalue weighted by Crippen LogP contribution is -2.24. The number of allylic oxidation sites excluding steroid dienone is 1. The summed E-state index contributed by atoms with van der Waals surface area (Å²) in [6.45, 7) is 5.18. The van der Waals surface area contributed by atoms with Crippen molar-refractivity contribution in [2.45, 2.75) is 19.8 Å². The van der Waals surface area contributed by atoms with Crippen molar-refractivity contribution in [3.63, 3.8) is 0 Å². The summed E-state index contributed by atoms with van der Waals surface area (Å²) < 4.78 is 12.9. The minimum absolute atomic E-state index is 0.110. The maximum absolute atomic E-state index is 5.98. The Morgan fingerprint density at radius 3 is 2.70 bits per heavy atom. The summed E-state index contributed by atoms with van der Waals surface area (Å²) in [4.78, 5) is 14.0. The average molecular weight is 480 g/mol. The van der Waals surface area contributed by atoms with Gasteiger partial charge in [-0.05, 0) is 46.7 Å². The number of aliphatic imine (C=N–C) groups is 1. The van der Waals surface area contributed by atoms with Crippen molar-refractivity contribution >= 4 is 40.6 Å². The fraction of sp³-hybridized carbons (Fsp3) is 0.278. The van der Waals surface area contributed by atoms with Gasteiger partial charge < -0.3 is 25.8 Å². The molecule has 3 rings (SSSR count). The predicted octanol–water partition coefficient (Wildman–Crippen LogP) is 3.36. The van der Waals surface area contributed by atoms with Gasteiger partial charge in [0.05, 0.1) is 9.77 Å². The number of nitrogen functional groups attached to an aromatic ring is 2. The number of nitrogens with two attached hydrogens (primary N) is 2. The number of hydrogen-bond donors (Lipinski definition) is 2. The SMILES string of the molecule is CC(C)c1cc(OCN2C=CC=NC2)c(I)cc1Oc1cnc(N)nc1N. The molecule has 9 heteroatoms. The van der Waals surface area contributed by atoms with E-state index in [0.29, 0.717) is 24.9 Å². The summed E-state index contributed by atoms with van der Waals surface area (Å²) in [5, 5.41) is 0. The number of nitrogens with zero attached hydrogens (tertiary/aromatic N) is 4. The average Bonchev–Trinajstić information content (AvgIpc) is 2.64. The first kappa shape index (κ1) is 19.2. The van der Waals surface area contributed by atoms with Crippen LogP contribution in [0.1, 0.15) is 25.3 Å². The van der Waals surface area contributed by atoms with Gasteiger partial charge in [-0.25, -0.2) is 4.98 Å². The molecule has 27 heavy (non-hydrogen) atoms. The monoisotopic (exact) mass is 480 g/mol. The van der Waals surface area contributed by atoms with Crippen LogP contribution in [0.5, 0.6) is 17.2 Å². The number of hydrogen-bond acceptors (Lipinski definition) is 8. The van der Waals surface area contributed by atoms with Crippen LogP contribution in [0.4, 0.5) is 11.8 Å². The van der Waals surface area contributed by atoms with Crippen LogP contribution in [-0.2, 0) is 0 Å². The van der Waals surface area contributed by atoms with Crippen molar-refractivity contribution in [3.8, 4) is 17.2 Å². The summed E-state index contributed by atoms with van der Waals surface area (Å²) in [5.41, 5.74) is 12.4. The molecule has 1 aliphatic rings. The molecule has 0 spiro atoms. The van der Waals surface area contributed by atoms with Crippen molar-refractivity contribution in [1.82, 2.24) is 14.9 Å². The quantitative estimate of drug-likeness (QED) is 0.610. The second kappa shape index (κ2) is 8.42. The smallest absolute Gasteiger partial charge is 0.222 e. The highest BCUT2D eigenvalue weighted by atomic mass is 127. The Morgan fingerprint density at radius 2 is 2.04 bits per heavy atom. The molecule has 0 saturated heterocycles. The third-order valence-electron chi connectivity index (χ3n) is 3.85. The van der Waals surface area contributed by atoms with Crippen molar-refractivity contribution in [3.05, 3.63) is 39.7 Å². The molecule has 1 aromatic carbocycles. The van der Waals surface area contributed by atoms with E-state index >= 15 is 0 Å². The number of halogens is 1. The molecule has 0 saturated carbocycles. The van der Waals surface area contributed by atoms with Crippen LogP contribution in [-0.4, -0.2) is 34.5 Å². The largest absolute Gasteiger partial charge is 0.472 e. The molecule has 2 heterocycles. The van der Waals surface area contributed by atoms with Gasteiger partial charge >= 0.3 is 0 Å². The number of aromatic nitrogens is 2. The van der Waals surface area contributed by atoms with E-state index in [4.69, 9.17) is 20.9 Å².